The van der Waals surface area contributed by atoms with Gasteiger partial charge in [-0.1, -0.05) is 108 Å². The van der Waals surface area contributed by atoms with Crippen molar-refractivity contribution in [1.82, 2.24) is 0 Å². The maximum absolute atomic E-state index is 3.43. The first-order valence-electron chi connectivity index (χ1n) is 12.9. The molecule has 0 heteroatoms. The molecule has 0 spiro atoms. The Morgan fingerprint density at radius 2 is 1.08 bits per heavy atom. The summed E-state index contributed by atoms with van der Waals surface area (Å²) in [7, 11) is 0. The number of aryl methyl sites for hydroxylation is 3. The number of benzene rings is 6. The van der Waals surface area contributed by atoms with Gasteiger partial charge in [-0.2, -0.15) is 0 Å². The van der Waals surface area contributed by atoms with Crippen molar-refractivity contribution in [3.8, 4) is 45.2 Å². The predicted molar refractivity (Wildman–Crippen MR) is 158 cm³/mol. The van der Waals surface area contributed by atoms with Gasteiger partial charge in [0.15, 0.2) is 0 Å². The number of fused-ring (bicyclic) bond motifs is 5. The number of rotatable bonds is 1. The van der Waals surface area contributed by atoms with Crippen molar-refractivity contribution in [3.05, 3.63) is 131 Å². The Labute approximate surface area is 218 Å². The van der Waals surface area contributed by atoms with Gasteiger partial charge in [-0.3, -0.25) is 0 Å². The van der Waals surface area contributed by atoms with Crippen LogP contribution in [0.4, 0.5) is 0 Å². The normalized spacial score (nSPS) is 11.4. The minimum Gasteiger partial charge on any atom is -0.0616 e. The summed E-state index contributed by atoms with van der Waals surface area (Å²) in [5.41, 5.74) is 13.8. The van der Waals surface area contributed by atoms with Crippen LogP contribution in [0.25, 0.3) is 54.9 Å². The third-order valence-corrected chi connectivity index (χ3v) is 7.72. The fraction of sp³-hybridized carbons (Fsp3) is 0.0811. The van der Waals surface area contributed by atoms with E-state index in [0.29, 0.717) is 0 Å². The quantitative estimate of drug-likeness (QED) is 0.165. The summed E-state index contributed by atoms with van der Waals surface area (Å²) in [6.45, 7) is 6.43. The van der Waals surface area contributed by atoms with Gasteiger partial charge < -0.3 is 0 Å². The van der Waals surface area contributed by atoms with E-state index in [4.69, 9.17) is 0 Å². The Balaban J connectivity index is 1.41. The minimum absolute atomic E-state index is 1.03. The maximum Gasteiger partial charge on any atom is 0.0307 e. The van der Waals surface area contributed by atoms with Crippen molar-refractivity contribution in [2.45, 2.75) is 20.8 Å². The molecule has 0 radical (unpaired) electrons. The van der Waals surface area contributed by atoms with Gasteiger partial charge >= 0.3 is 0 Å². The Hall–Kier alpha value is -4.60. The van der Waals surface area contributed by atoms with E-state index in [1.165, 1.54) is 71.6 Å². The lowest BCUT2D eigenvalue weighted by Gasteiger charge is -2.15. The average molecular weight is 471 g/mol. The summed E-state index contributed by atoms with van der Waals surface area (Å²) in [6, 6.07) is 37.6. The van der Waals surface area contributed by atoms with E-state index in [1.54, 1.807) is 0 Å². The largest absolute Gasteiger partial charge is 0.0616 e. The van der Waals surface area contributed by atoms with Crippen LogP contribution in [0, 0.1) is 32.6 Å². The van der Waals surface area contributed by atoms with Crippen molar-refractivity contribution in [3.63, 3.8) is 0 Å². The van der Waals surface area contributed by atoms with Crippen molar-refractivity contribution in [1.29, 1.82) is 0 Å². The molecule has 0 unspecified atom stereocenters. The minimum atomic E-state index is 1.03. The molecule has 7 rings (SSSR count). The SMILES string of the molecule is Cc1cc(C)c(C#Cc2ccc(-c3c4ccccc4c4c5c(cccc35)-c3ccccc3-4)cc2)c(C)c1. The highest BCUT2D eigenvalue weighted by Crippen LogP contribution is 2.53. The van der Waals surface area contributed by atoms with Crippen LogP contribution in [0.15, 0.2) is 103 Å². The predicted octanol–water partition coefficient (Wildman–Crippen LogP) is 9.63. The molecule has 6 aromatic rings. The lowest BCUT2D eigenvalue weighted by molar-refractivity contribution is 1.30. The first-order valence-corrected chi connectivity index (χ1v) is 12.9. The molecule has 1 aliphatic rings. The summed E-state index contributed by atoms with van der Waals surface area (Å²) in [5.74, 6) is 6.83. The van der Waals surface area contributed by atoms with Crippen LogP contribution in [-0.4, -0.2) is 0 Å². The third kappa shape index (κ3) is 3.32. The van der Waals surface area contributed by atoms with Crippen LogP contribution in [0.5, 0.6) is 0 Å². The van der Waals surface area contributed by atoms with E-state index in [2.05, 4.69) is 136 Å². The highest BCUT2D eigenvalue weighted by atomic mass is 14.3. The van der Waals surface area contributed by atoms with Gasteiger partial charge in [-0.15, -0.1) is 0 Å². The van der Waals surface area contributed by atoms with Gasteiger partial charge in [0.2, 0.25) is 0 Å². The van der Waals surface area contributed by atoms with Crippen molar-refractivity contribution >= 4 is 21.5 Å². The Morgan fingerprint density at radius 3 is 1.81 bits per heavy atom. The smallest absolute Gasteiger partial charge is 0.0307 e. The maximum atomic E-state index is 3.43. The molecule has 0 aliphatic heterocycles. The highest BCUT2D eigenvalue weighted by Gasteiger charge is 2.25. The van der Waals surface area contributed by atoms with Crippen molar-refractivity contribution in [2.24, 2.45) is 0 Å². The zero-order chi connectivity index (χ0) is 25.1. The Morgan fingerprint density at radius 1 is 0.486 bits per heavy atom. The van der Waals surface area contributed by atoms with E-state index in [0.717, 1.165) is 11.1 Å². The summed E-state index contributed by atoms with van der Waals surface area (Å²) in [5, 5.41) is 5.29. The van der Waals surface area contributed by atoms with Crippen LogP contribution in [0.3, 0.4) is 0 Å². The molecule has 0 bridgehead atoms. The lowest BCUT2D eigenvalue weighted by atomic mass is 9.88. The van der Waals surface area contributed by atoms with E-state index in [-0.39, 0.29) is 0 Å². The fourth-order valence-corrected chi connectivity index (χ4v) is 6.21. The van der Waals surface area contributed by atoms with E-state index in [9.17, 15) is 0 Å². The molecule has 0 N–H and O–H groups in total. The van der Waals surface area contributed by atoms with Crippen molar-refractivity contribution in [2.75, 3.05) is 0 Å². The molecule has 0 heterocycles. The van der Waals surface area contributed by atoms with E-state index < -0.39 is 0 Å². The monoisotopic (exact) mass is 470 g/mol. The first kappa shape index (κ1) is 21.7. The molecule has 0 amide bonds. The van der Waals surface area contributed by atoms with Gasteiger partial charge in [-0.25, -0.2) is 0 Å². The Bertz CT molecular complexity index is 1920. The third-order valence-electron chi connectivity index (χ3n) is 7.72. The zero-order valence-electron chi connectivity index (χ0n) is 21.3. The van der Waals surface area contributed by atoms with Gasteiger partial charge in [0, 0.05) is 11.1 Å². The molecule has 0 aromatic heterocycles. The molecule has 0 nitrogen and oxygen atoms in total. The fourth-order valence-electron chi connectivity index (χ4n) is 6.21. The molecule has 0 saturated heterocycles. The molecule has 37 heavy (non-hydrogen) atoms. The number of hydrogen-bond acceptors (Lipinski definition) is 0. The van der Waals surface area contributed by atoms with Crippen LogP contribution in [0.2, 0.25) is 0 Å². The molecule has 0 fully saturated rings. The molecule has 0 saturated carbocycles. The van der Waals surface area contributed by atoms with Gasteiger partial charge in [0.25, 0.3) is 0 Å². The molecule has 0 atom stereocenters. The van der Waals surface area contributed by atoms with Crippen LogP contribution in [0.1, 0.15) is 27.8 Å². The van der Waals surface area contributed by atoms with Crippen molar-refractivity contribution < 1.29 is 0 Å². The summed E-state index contributed by atoms with van der Waals surface area (Å²) in [6.07, 6.45) is 0. The molecular weight excluding hydrogens is 444 g/mol. The number of hydrogen-bond donors (Lipinski definition) is 0. The van der Waals surface area contributed by atoms with Gasteiger partial charge in [0.05, 0.1) is 0 Å². The summed E-state index contributed by atoms with van der Waals surface area (Å²) >= 11 is 0. The summed E-state index contributed by atoms with van der Waals surface area (Å²) < 4.78 is 0. The zero-order valence-corrected chi connectivity index (χ0v) is 21.3. The second-order valence-electron chi connectivity index (χ2n) is 10.2. The van der Waals surface area contributed by atoms with Gasteiger partial charge in [-0.05, 0) is 99.0 Å². The first-order chi connectivity index (χ1) is 18.1. The lowest BCUT2D eigenvalue weighted by Crippen LogP contribution is -1.90. The van der Waals surface area contributed by atoms with Crippen LogP contribution >= 0.6 is 0 Å². The molecule has 1 aliphatic carbocycles. The second-order valence-corrected chi connectivity index (χ2v) is 10.2. The topological polar surface area (TPSA) is 0 Å². The molecule has 6 aromatic carbocycles. The summed E-state index contributed by atoms with van der Waals surface area (Å²) in [4.78, 5) is 0. The highest BCUT2D eigenvalue weighted by molar-refractivity contribution is 6.29. The molecule has 174 valence electrons. The van der Waals surface area contributed by atoms with Gasteiger partial charge in [0.1, 0.15) is 0 Å². The average Bonchev–Trinajstić information content (AvgIpc) is 3.25. The van der Waals surface area contributed by atoms with Crippen LogP contribution < -0.4 is 0 Å². The Kier molecular flexibility index (Phi) is 4.82. The molecular formula is C37H26. The van der Waals surface area contributed by atoms with Crippen LogP contribution in [-0.2, 0) is 0 Å². The second kappa shape index (κ2) is 8.22. The van der Waals surface area contributed by atoms with E-state index in [1.807, 2.05) is 0 Å². The standard InChI is InChI=1S/C37H26/c1-23-21-24(2)28(25(3)22-23)20-17-26-15-18-27(19-16-26)35-32-11-6-7-12-33(32)36-30-10-5-4-9-29(30)31-13-8-14-34(35)37(31)36/h4-16,18-19,21-22H,1-3H3. The van der Waals surface area contributed by atoms with E-state index >= 15 is 0 Å².